The number of hydrogen-bond donors (Lipinski definition) is 0. The largest absolute Gasteiger partial charge is 0.490 e. The Kier molecular flexibility index (Phi) is 6.00. The molecule has 2 aromatic rings. The molecule has 0 atom stereocenters. The number of benzene rings is 1. The van der Waals surface area contributed by atoms with E-state index in [0.717, 1.165) is 16.2 Å². The zero-order valence-corrected chi connectivity index (χ0v) is 14.5. The summed E-state index contributed by atoms with van der Waals surface area (Å²) in [5, 5.41) is 4.69. The number of carbonyl (C=O) groups is 1. The van der Waals surface area contributed by atoms with E-state index < -0.39 is 0 Å². The van der Waals surface area contributed by atoms with E-state index in [1.807, 2.05) is 25.1 Å². The SMILES string of the molecule is COCCOc1cccc(C)c1Sc1ncn(C(=O)N(C)C)n1. The van der Waals surface area contributed by atoms with Crippen LogP contribution in [0.4, 0.5) is 4.79 Å². The Balaban J connectivity index is 2.17. The highest BCUT2D eigenvalue weighted by Gasteiger charge is 2.14. The standard InChI is InChI=1S/C15H20N4O3S/c1-11-6-5-7-12(22-9-8-21-4)13(11)23-14-16-10-19(17-14)15(20)18(2)3/h5-7,10H,8-9H2,1-4H3. The average Bonchev–Trinajstić information content (AvgIpc) is 2.98. The summed E-state index contributed by atoms with van der Waals surface area (Å²) in [6.45, 7) is 2.98. The Labute approximate surface area is 139 Å². The van der Waals surface area contributed by atoms with Gasteiger partial charge in [0.15, 0.2) is 0 Å². The zero-order valence-electron chi connectivity index (χ0n) is 13.6. The quantitative estimate of drug-likeness (QED) is 0.754. The molecular weight excluding hydrogens is 316 g/mol. The fourth-order valence-electron chi connectivity index (χ4n) is 1.79. The van der Waals surface area contributed by atoms with Crippen molar-refractivity contribution >= 4 is 17.8 Å². The lowest BCUT2D eigenvalue weighted by molar-refractivity contribution is 0.144. The van der Waals surface area contributed by atoms with Crippen LogP contribution >= 0.6 is 11.8 Å². The number of nitrogens with zero attached hydrogens (tertiary/aromatic N) is 4. The second-order valence-corrected chi connectivity index (χ2v) is 5.97. The van der Waals surface area contributed by atoms with Crippen LogP contribution in [-0.4, -0.2) is 60.1 Å². The summed E-state index contributed by atoms with van der Waals surface area (Å²) in [6.07, 6.45) is 1.41. The normalized spacial score (nSPS) is 10.6. The summed E-state index contributed by atoms with van der Waals surface area (Å²) in [6, 6.07) is 5.58. The van der Waals surface area contributed by atoms with Crippen molar-refractivity contribution in [1.29, 1.82) is 0 Å². The van der Waals surface area contributed by atoms with Crippen molar-refractivity contribution in [2.45, 2.75) is 17.0 Å². The molecule has 0 fully saturated rings. The summed E-state index contributed by atoms with van der Waals surface area (Å²) >= 11 is 1.37. The number of hydrogen-bond acceptors (Lipinski definition) is 6. The van der Waals surface area contributed by atoms with Crippen molar-refractivity contribution in [2.24, 2.45) is 0 Å². The van der Waals surface area contributed by atoms with E-state index in [2.05, 4.69) is 10.1 Å². The molecule has 0 N–H and O–H groups in total. The zero-order chi connectivity index (χ0) is 16.8. The Morgan fingerprint density at radius 3 is 2.83 bits per heavy atom. The minimum Gasteiger partial charge on any atom is -0.490 e. The van der Waals surface area contributed by atoms with Gasteiger partial charge in [0.2, 0.25) is 5.16 Å². The molecule has 0 saturated heterocycles. The van der Waals surface area contributed by atoms with Crippen molar-refractivity contribution in [3.63, 3.8) is 0 Å². The fourth-order valence-corrected chi connectivity index (χ4v) is 2.66. The van der Waals surface area contributed by atoms with Gasteiger partial charge in [-0.15, -0.1) is 5.10 Å². The Morgan fingerprint density at radius 1 is 1.35 bits per heavy atom. The summed E-state index contributed by atoms with van der Waals surface area (Å²) in [5.41, 5.74) is 1.06. The lowest BCUT2D eigenvalue weighted by Gasteiger charge is -2.12. The van der Waals surface area contributed by atoms with Gasteiger partial charge in [-0.05, 0) is 30.3 Å². The Morgan fingerprint density at radius 2 is 2.13 bits per heavy atom. The number of amides is 1. The Hall–Kier alpha value is -2.06. The number of aromatic nitrogens is 3. The first-order valence-electron chi connectivity index (χ1n) is 7.05. The molecular formula is C15H20N4O3S. The molecule has 0 radical (unpaired) electrons. The summed E-state index contributed by atoms with van der Waals surface area (Å²) in [5.74, 6) is 0.752. The van der Waals surface area contributed by atoms with Crippen LogP contribution in [0.2, 0.25) is 0 Å². The molecule has 0 spiro atoms. The maximum Gasteiger partial charge on any atom is 0.345 e. The number of rotatable bonds is 6. The van der Waals surface area contributed by atoms with Gasteiger partial charge in [-0.2, -0.15) is 4.68 Å². The molecule has 0 aliphatic carbocycles. The van der Waals surface area contributed by atoms with Crippen LogP contribution < -0.4 is 4.74 Å². The van der Waals surface area contributed by atoms with E-state index in [9.17, 15) is 4.79 Å². The predicted octanol–water partition coefficient (Wildman–Crippen LogP) is 2.29. The van der Waals surface area contributed by atoms with Gasteiger partial charge < -0.3 is 14.4 Å². The first-order valence-corrected chi connectivity index (χ1v) is 7.87. The second-order valence-electron chi connectivity index (χ2n) is 4.99. The molecule has 1 heterocycles. The summed E-state index contributed by atoms with van der Waals surface area (Å²) < 4.78 is 12.0. The number of ether oxygens (including phenoxy) is 2. The van der Waals surface area contributed by atoms with Crippen molar-refractivity contribution in [1.82, 2.24) is 19.7 Å². The predicted molar refractivity (Wildman–Crippen MR) is 87.2 cm³/mol. The highest BCUT2D eigenvalue weighted by atomic mass is 32.2. The van der Waals surface area contributed by atoms with E-state index >= 15 is 0 Å². The van der Waals surface area contributed by atoms with E-state index in [0.29, 0.717) is 18.4 Å². The highest BCUT2D eigenvalue weighted by molar-refractivity contribution is 7.99. The van der Waals surface area contributed by atoms with Crippen molar-refractivity contribution < 1.29 is 14.3 Å². The van der Waals surface area contributed by atoms with E-state index in [4.69, 9.17) is 9.47 Å². The van der Waals surface area contributed by atoms with Crippen molar-refractivity contribution in [2.75, 3.05) is 34.4 Å². The maximum atomic E-state index is 11.9. The summed E-state index contributed by atoms with van der Waals surface area (Å²) in [7, 11) is 4.97. The van der Waals surface area contributed by atoms with Gasteiger partial charge >= 0.3 is 6.03 Å². The van der Waals surface area contributed by atoms with Crippen LogP contribution in [-0.2, 0) is 4.74 Å². The third-order valence-corrected chi connectivity index (χ3v) is 4.06. The Bertz CT molecular complexity index is 672. The van der Waals surface area contributed by atoms with Gasteiger partial charge in [0.1, 0.15) is 18.7 Å². The third kappa shape index (κ3) is 4.46. The minimum absolute atomic E-state index is 0.245. The van der Waals surface area contributed by atoms with Crippen LogP contribution in [0.3, 0.4) is 0 Å². The lowest BCUT2D eigenvalue weighted by atomic mass is 10.2. The summed E-state index contributed by atoms with van der Waals surface area (Å²) in [4.78, 5) is 18.4. The first kappa shape index (κ1) is 17.3. The smallest absolute Gasteiger partial charge is 0.345 e. The van der Waals surface area contributed by atoms with Crippen molar-refractivity contribution in [3.8, 4) is 5.75 Å². The van der Waals surface area contributed by atoms with Crippen LogP contribution in [0.15, 0.2) is 34.6 Å². The molecule has 23 heavy (non-hydrogen) atoms. The molecule has 0 aliphatic heterocycles. The molecule has 0 bridgehead atoms. The van der Waals surface area contributed by atoms with E-state index in [-0.39, 0.29) is 6.03 Å². The molecule has 7 nitrogen and oxygen atoms in total. The molecule has 8 heteroatoms. The van der Waals surface area contributed by atoms with Gasteiger partial charge in [-0.25, -0.2) is 9.78 Å². The van der Waals surface area contributed by atoms with Crippen LogP contribution in [0, 0.1) is 6.92 Å². The minimum atomic E-state index is -0.245. The average molecular weight is 336 g/mol. The van der Waals surface area contributed by atoms with Gasteiger partial charge in [0.05, 0.1) is 11.5 Å². The maximum absolute atomic E-state index is 11.9. The molecule has 1 amide bonds. The number of carbonyl (C=O) groups excluding carboxylic acids is 1. The molecule has 2 rings (SSSR count). The third-order valence-electron chi connectivity index (χ3n) is 2.96. The first-order chi connectivity index (χ1) is 11.0. The molecule has 0 unspecified atom stereocenters. The molecule has 124 valence electrons. The number of methoxy groups -OCH3 is 1. The molecule has 0 saturated carbocycles. The van der Waals surface area contributed by atoms with Gasteiger partial charge in [-0.3, -0.25) is 0 Å². The molecule has 1 aromatic heterocycles. The number of aryl methyl sites for hydroxylation is 1. The van der Waals surface area contributed by atoms with Gasteiger partial charge in [0.25, 0.3) is 0 Å². The molecule has 1 aromatic carbocycles. The monoisotopic (exact) mass is 336 g/mol. The van der Waals surface area contributed by atoms with Crippen LogP contribution in [0.5, 0.6) is 5.75 Å². The second kappa shape index (κ2) is 7.98. The van der Waals surface area contributed by atoms with Gasteiger partial charge in [0, 0.05) is 21.2 Å². The molecule has 0 aliphatic rings. The topological polar surface area (TPSA) is 69.5 Å². The van der Waals surface area contributed by atoms with E-state index in [1.54, 1.807) is 21.2 Å². The van der Waals surface area contributed by atoms with E-state index in [1.165, 1.54) is 27.7 Å². The van der Waals surface area contributed by atoms with Crippen molar-refractivity contribution in [3.05, 3.63) is 30.1 Å². The van der Waals surface area contributed by atoms with Gasteiger partial charge in [-0.1, -0.05) is 12.1 Å². The fraction of sp³-hybridized carbons (Fsp3) is 0.400. The highest BCUT2D eigenvalue weighted by Crippen LogP contribution is 2.35. The lowest BCUT2D eigenvalue weighted by Crippen LogP contribution is -2.27. The van der Waals surface area contributed by atoms with Crippen LogP contribution in [0.1, 0.15) is 5.56 Å². The van der Waals surface area contributed by atoms with Crippen LogP contribution in [0.25, 0.3) is 0 Å².